The molecule has 4 aromatic rings. The molecule has 7 heteroatoms. The van der Waals surface area contributed by atoms with E-state index in [-0.39, 0.29) is 12.7 Å². The monoisotopic (exact) mass is 403 g/mol. The minimum absolute atomic E-state index is 0.166. The number of ether oxygens (including phenoxy) is 2. The van der Waals surface area contributed by atoms with Crippen molar-refractivity contribution < 1.29 is 14.3 Å². The van der Waals surface area contributed by atoms with Crippen molar-refractivity contribution >= 4 is 34.4 Å². The number of nitrogens with zero attached hydrogens (tertiary/aromatic N) is 1. The number of rotatable bonds is 5. The summed E-state index contributed by atoms with van der Waals surface area (Å²) in [5, 5.41) is 3.77. The van der Waals surface area contributed by atoms with Gasteiger partial charge in [-0.2, -0.15) is 0 Å². The average molecular weight is 403 g/mol. The molecule has 1 aliphatic heterocycles. The molecule has 0 bridgehead atoms. The highest BCUT2D eigenvalue weighted by Gasteiger charge is 2.14. The Kier molecular flexibility index (Phi) is 4.57. The molecule has 0 aliphatic carbocycles. The second-order valence-electron chi connectivity index (χ2n) is 6.57. The van der Waals surface area contributed by atoms with Crippen LogP contribution in [0.5, 0.6) is 11.5 Å². The highest BCUT2D eigenvalue weighted by Crippen LogP contribution is 2.34. The molecule has 6 nitrogen and oxygen atoms in total. The van der Waals surface area contributed by atoms with Crippen LogP contribution in [0.2, 0.25) is 0 Å². The van der Waals surface area contributed by atoms with Gasteiger partial charge in [0, 0.05) is 23.1 Å². The highest BCUT2D eigenvalue weighted by atomic mass is 32.2. The van der Waals surface area contributed by atoms with E-state index in [2.05, 4.69) is 15.3 Å². The van der Waals surface area contributed by atoms with Crippen molar-refractivity contribution in [1.82, 2.24) is 9.97 Å². The fraction of sp³-hybridized carbons (Fsp3) is 0.0909. The molecule has 3 aromatic carbocycles. The molecule has 2 N–H and O–H groups in total. The highest BCUT2D eigenvalue weighted by molar-refractivity contribution is 7.98. The van der Waals surface area contributed by atoms with Crippen molar-refractivity contribution in [1.29, 1.82) is 0 Å². The number of hydrogen-bond acceptors (Lipinski definition) is 5. The molecule has 0 saturated carbocycles. The first kappa shape index (κ1) is 17.6. The third-order valence-corrected chi connectivity index (χ3v) is 5.53. The number of aromatic amines is 1. The molecule has 0 fully saturated rings. The van der Waals surface area contributed by atoms with Crippen LogP contribution >= 0.6 is 11.8 Å². The largest absolute Gasteiger partial charge is 0.454 e. The Morgan fingerprint density at radius 2 is 1.86 bits per heavy atom. The lowest BCUT2D eigenvalue weighted by atomic mass is 10.1. The number of thioether (sulfide) groups is 1. The number of carbonyl (C=O) groups excluding carboxylic acids is 1. The van der Waals surface area contributed by atoms with Gasteiger partial charge in [-0.1, -0.05) is 36.0 Å². The summed E-state index contributed by atoms with van der Waals surface area (Å²) in [7, 11) is 0. The van der Waals surface area contributed by atoms with Gasteiger partial charge in [0.05, 0.1) is 11.0 Å². The van der Waals surface area contributed by atoms with Crippen LogP contribution in [0.15, 0.2) is 71.9 Å². The second-order valence-corrected chi connectivity index (χ2v) is 7.53. The van der Waals surface area contributed by atoms with Crippen LogP contribution in [0.4, 0.5) is 5.69 Å². The predicted octanol–water partition coefficient (Wildman–Crippen LogP) is 4.84. The predicted molar refractivity (Wildman–Crippen MR) is 113 cm³/mol. The number of carbonyl (C=O) groups is 1. The van der Waals surface area contributed by atoms with Crippen molar-refractivity contribution in [3.63, 3.8) is 0 Å². The Morgan fingerprint density at radius 1 is 1.03 bits per heavy atom. The van der Waals surface area contributed by atoms with Crippen molar-refractivity contribution in [2.75, 3.05) is 12.1 Å². The maximum absolute atomic E-state index is 12.5. The summed E-state index contributed by atoms with van der Waals surface area (Å²) in [6.45, 7) is 0.209. The Balaban J connectivity index is 1.22. The van der Waals surface area contributed by atoms with Gasteiger partial charge in [-0.25, -0.2) is 4.98 Å². The maximum Gasteiger partial charge on any atom is 0.255 e. The lowest BCUT2D eigenvalue weighted by Crippen LogP contribution is -2.11. The van der Waals surface area contributed by atoms with Crippen molar-refractivity contribution in [3.05, 3.63) is 77.9 Å². The molecule has 1 amide bonds. The second kappa shape index (κ2) is 7.52. The van der Waals surface area contributed by atoms with Crippen LogP contribution in [-0.2, 0) is 5.75 Å². The lowest BCUT2D eigenvalue weighted by Gasteiger charge is -2.07. The number of aromatic nitrogens is 2. The molecular formula is C22H17N3O3S. The van der Waals surface area contributed by atoms with Gasteiger partial charge in [0.1, 0.15) is 0 Å². The van der Waals surface area contributed by atoms with Crippen molar-refractivity contribution in [2.24, 2.45) is 0 Å². The van der Waals surface area contributed by atoms with Crippen LogP contribution < -0.4 is 14.8 Å². The van der Waals surface area contributed by atoms with Crippen molar-refractivity contribution in [3.8, 4) is 11.5 Å². The minimum atomic E-state index is -0.166. The summed E-state index contributed by atoms with van der Waals surface area (Å²) >= 11 is 1.63. The molecule has 5 rings (SSSR count). The fourth-order valence-corrected chi connectivity index (χ4v) is 3.92. The normalized spacial score (nSPS) is 12.3. The number of amides is 1. The SMILES string of the molecule is O=C(Nc1ccc2c(c1)OCO2)c1ccc(CSc2nc3ccccc3[nH]2)cc1. The number of benzene rings is 3. The summed E-state index contributed by atoms with van der Waals surface area (Å²) in [5.74, 6) is 1.93. The number of H-pyrrole nitrogens is 1. The Morgan fingerprint density at radius 3 is 2.72 bits per heavy atom. The van der Waals surface area contributed by atoms with Gasteiger partial charge in [-0.15, -0.1) is 0 Å². The molecule has 1 aromatic heterocycles. The van der Waals surface area contributed by atoms with E-state index in [0.717, 1.165) is 27.5 Å². The first-order chi connectivity index (χ1) is 14.2. The zero-order valence-corrected chi connectivity index (χ0v) is 16.2. The smallest absolute Gasteiger partial charge is 0.255 e. The molecule has 144 valence electrons. The molecule has 0 spiro atoms. The van der Waals surface area contributed by atoms with E-state index >= 15 is 0 Å². The number of anilines is 1. The van der Waals surface area contributed by atoms with Gasteiger partial charge in [-0.05, 0) is 42.0 Å². The topological polar surface area (TPSA) is 76.2 Å². The zero-order valence-electron chi connectivity index (χ0n) is 15.3. The van der Waals surface area contributed by atoms with Crippen molar-refractivity contribution in [2.45, 2.75) is 10.9 Å². The van der Waals surface area contributed by atoms with E-state index in [1.165, 1.54) is 0 Å². The lowest BCUT2D eigenvalue weighted by molar-refractivity contribution is 0.102. The van der Waals surface area contributed by atoms with Crippen LogP contribution in [-0.4, -0.2) is 22.7 Å². The third-order valence-electron chi connectivity index (χ3n) is 4.59. The summed E-state index contributed by atoms with van der Waals surface area (Å²) in [5.41, 5.74) is 4.38. The van der Waals surface area contributed by atoms with Gasteiger partial charge in [0.15, 0.2) is 16.7 Å². The third kappa shape index (κ3) is 3.77. The number of imidazole rings is 1. The molecule has 0 radical (unpaired) electrons. The minimum Gasteiger partial charge on any atom is -0.454 e. The molecule has 2 heterocycles. The summed E-state index contributed by atoms with van der Waals surface area (Å²) in [6.07, 6.45) is 0. The molecule has 0 atom stereocenters. The van der Waals surface area contributed by atoms with E-state index in [4.69, 9.17) is 9.47 Å². The molecular weight excluding hydrogens is 386 g/mol. The quantitative estimate of drug-likeness (QED) is 0.467. The van der Waals surface area contributed by atoms with E-state index in [1.54, 1.807) is 30.0 Å². The van der Waals surface area contributed by atoms with Crippen LogP contribution in [0.3, 0.4) is 0 Å². The van der Waals surface area contributed by atoms with E-state index in [0.29, 0.717) is 22.7 Å². The Labute approximate surface area is 171 Å². The number of nitrogens with one attached hydrogen (secondary N) is 2. The van der Waals surface area contributed by atoms with E-state index in [1.807, 2.05) is 48.5 Å². The number of hydrogen-bond donors (Lipinski definition) is 2. The van der Waals surface area contributed by atoms with Gasteiger partial charge in [0.25, 0.3) is 5.91 Å². The molecule has 0 saturated heterocycles. The first-order valence-electron chi connectivity index (χ1n) is 9.12. The zero-order chi connectivity index (χ0) is 19.6. The van der Waals surface area contributed by atoms with Crippen LogP contribution in [0.25, 0.3) is 11.0 Å². The van der Waals surface area contributed by atoms with E-state index < -0.39 is 0 Å². The summed E-state index contributed by atoms with van der Waals surface area (Å²) in [4.78, 5) is 20.4. The van der Waals surface area contributed by atoms with Gasteiger partial charge < -0.3 is 19.8 Å². The maximum atomic E-state index is 12.5. The van der Waals surface area contributed by atoms with Gasteiger partial charge in [-0.3, -0.25) is 4.79 Å². The fourth-order valence-electron chi connectivity index (χ4n) is 3.08. The van der Waals surface area contributed by atoms with Crippen LogP contribution in [0, 0.1) is 0 Å². The van der Waals surface area contributed by atoms with Gasteiger partial charge in [0.2, 0.25) is 6.79 Å². The van der Waals surface area contributed by atoms with Gasteiger partial charge >= 0.3 is 0 Å². The Bertz CT molecular complexity index is 1150. The van der Waals surface area contributed by atoms with Crippen LogP contribution in [0.1, 0.15) is 15.9 Å². The first-order valence-corrected chi connectivity index (χ1v) is 10.1. The summed E-state index contributed by atoms with van der Waals surface area (Å²) < 4.78 is 10.6. The molecule has 1 aliphatic rings. The standard InChI is InChI=1S/C22H17N3O3S/c26-21(23-16-9-10-19-20(11-16)28-13-27-19)15-7-5-14(6-8-15)12-29-22-24-17-3-1-2-4-18(17)25-22/h1-11H,12-13H2,(H,23,26)(H,24,25). The molecule has 0 unspecified atom stereocenters. The summed E-state index contributed by atoms with van der Waals surface area (Å²) in [6, 6.07) is 20.9. The number of para-hydroxylation sites is 2. The molecule has 29 heavy (non-hydrogen) atoms. The number of fused-ring (bicyclic) bond motifs is 2. The average Bonchev–Trinajstić information content (AvgIpc) is 3.38. The Hall–Kier alpha value is -3.45. The van der Waals surface area contributed by atoms with E-state index in [9.17, 15) is 4.79 Å².